The first kappa shape index (κ1) is 98.9. The summed E-state index contributed by atoms with van der Waals surface area (Å²) in [5, 5.41) is 53.7. The summed E-state index contributed by atoms with van der Waals surface area (Å²) in [5.41, 5.74) is 58.2. The fourth-order valence-electron chi connectivity index (χ4n) is 16.4. The van der Waals surface area contributed by atoms with Crippen LogP contribution >= 0.6 is 22.7 Å². The van der Waals surface area contributed by atoms with E-state index in [-0.39, 0.29) is 35.1 Å². The topological polar surface area (TPSA) is 496 Å². The van der Waals surface area contributed by atoms with E-state index in [1.807, 2.05) is 162 Å². The molecule has 38 nitrogen and oxygen atoms in total. The van der Waals surface area contributed by atoms with Crippen molar-refractivity contribution >= 4 is 130 Å². The number of nitrogen functional groups attached to an aromatic ring is 3. The maximum Gasteiger partial charge on any atom is 0.307 e. The molecule has 142 heavy (non-hydrogen) atoms. The summed E-state index contributed by atoms with van der Waals surface area (Å²) >= 11 is 3.16. The van der Waals surface area contributed by atoms with E-state index in [4.69, 9.17) is 86.6 Å². The Morgan fingerprint density at radius 1 is 0.486 bits per heavy atom. The fraction of sp³-hybridized carbons (Fsp3) is 0.216. The van der Waals surface area contributed by atoms with Gasteiger partial charge in [-0.1, -0.05) is 71.0 Å². The predicted molar refractivity (Wildman–Crippen MR) is 551 cm³/mol. The number of hydrogen-bond donors (Lipinski definition) is 13. The van der Waals surface area contributed by atoms with Gasteiger partial charge in [-0.15, -0.1) is 41.1 Å². The lowest BCUT2D eigenvalue weighted by molar-refractivity contribution is -0.751. The molecule has 21 N–H and O–H groups in total. The number of hydrogen-bond acceptors (Lipinski definition) is 16. The molecule has 0 bridgehead atoms. The van der Waals surface area contributed by atoms with Crippen molar-refractivity contribution < 1.29 is 50.6 Å². The number of fused-ring (bicyclic) bond motifs is 7. The maximum atomic E-state index is 7.40. The number of oxime groups is 1. The largest absolute Gasteiger partial charge is 0.494 e. The molecule has 0 spiro atoms. The second kappa shape index (κ2) is 45.6. The minimum absolute atomic E-state index is 0.0203. The van der Waals surface area contributed by atoms with Gasteiger partial charge in [0, 0.05) is 160 Å². The van der Waals surface area contributed by atoms with Crippen LogP contribution in [0.4, 0.5) is 11.6 Å². The van der Waals surface area contributed by atoms with Gasteiger partial charge in [-0.2, -0.15) is 4.99 Å². The highest BCUT2D eigenvalue weighted by molar-refractivity contribution is 7.10. The first-order valence-corrected chi connectivity index (χ1v) is 47.4. The quantitative estimate of drug-likeness (QED) is 0.00718. The predicted octanol–water partition coefficient (Wildman–Crippen LogP) is 8.51. The van der Waals surface area contributed by atoms with Gasteiger partial charge in [0.2, 0.25) is 0 Å². The van der Waals surface area contributed by atoms with Gasteiger partial charge in [0.05, 0.1) is 93.2 Å². The third-order valence-corrected chi connectivity index (χ3v) is 25.4. The third-order valence-electron chi connectivity index (χ3n) is 23.6. The number of pyridine rings is 4. The molecule has 0 saturated heterocycles. The van der Waals surface area contributed by atoms with E-state index in [0.717, 1.165) is 102 Å². The van der Waals surface area contributed by atoms with Gasteiger partial charge >= 0.3 is 11.3 Å². The minimum atomic E-state index is -0.0382. The lowest BCUT2D eigenvalue weighted by Crippen LogP contribution is -2.37. The molecule has 0 saturated carbocycles. The zero-order chi connectivity index (χ0) is 100. The number of benzene rings is 3. The molecule has 20 aromatic rings. The molecule has 3 aromatic carbocycles. The number of imidazole rings is 2. The van der Waals surface area contributed by atoms with Gasteiger partial charge in [-0.25, -0.2) is 41.8 Å². The molecule has 0 unspecified atom stereocenters. The number of nitrogens with zero attached hydrogens (tertiary/aromatic N) is 21. The maximum absolute atomic E-state index is 7.40. The average Bonchev–Trinajstić information content (AvgIpc) is 1.65. The van der Waals surface area contributed by atoms with Gasteiger partial charge in [-0.3, -0.25) is 27.0 Å². The van der Waals surface area contributed by atoms with Crippen molar-refractivity contribution in [3.8, 4) is 5.75 Å². The number of nitrogens with two attached hydrogens (primary N) is 8. The zero-order valence-corrected chi connectivity index (χ0v) is 82.2. The van der Waals surface area contributed by atoms with Crippen molar-refractivity contribution in [2.45, 2.75) is 78.0 Å². The van der Waals surface area contributed by atoms with Crippen LogP contribution in [0, 0.1) is 27.0 Å². The van der Waals surface area contributed by atoms with Crippen molar-refractivity contribution in [1.29, 1.82) is 27.0 Å². The number of furan rings is 1. The summed E-state index contributed by atoms with van der Waals surface area (Å²) in [6.07, 6.45) is 43.5. The van der Waals surface area contributed by atoms with Crippen LogP contribution < -0.4 is 87.6 Å². The lowest BCUT2D eigenvalue weighted by atomic mass is 10.1. The van der Waals surface area contributed by atoms with Gasteiger partial charge in [-0.05, 0) is 83.6 Å². The molecule has 1 aliphatic heterocycles. The first-order chi connectivity index (χ1) is 68.5. The number of rotatable bonds is 28. The monoisotopic (exact) mass is 1950 g/mol. The Labute approximate surface area is 827 Å². The van der Waals surface area contributed by atoms with E-state index in [0.29, 0.717) is 67.8 Å². The number of thiophene rings is 1. The zero-order valence-electron chi connectivity index (χ0n) is 80.6. The van der Waals surface area contributed by atoms with Crippen LogP contribution in [0.3, 0.4) is 0 Å². The molecule has 40 heteroatoms. The second-order valence-corrected chi connectivity index (χ2v) is 36.3. The highest BCUT2D eigenvalue weighted by atomic mass is 32.1. The number of nitrogens with one attached hydrogen (secondary N) is 5. The van der Waals surface area contributed by atoms with Gasteiger partial charge < -0.3 is 87.6 Å². The first-order valence-electron chi connectivity index (χ1n) is 45.7. The SMILES string of the molecule is CO/N=C(/N)c1ccc(Cn2ccc3c[n+](C)ccc32)cc1.C[n+]1ccc2c(ccn2CCc2ccc(CC(=N)N)cc2)c1.C[n+]1ccc2c(ccn2Cc2cc(N=C(N)N)no2)c1.C[n+]1ccc2c(ccn2Cc2nc(C(=N)N)cs2)c1.C[n+]1ccc2n1CCN2Cc1ccc(OCCCC(=N)N)cc1.Cn1ccc2n1cc[n+]2Cc1cc(C(=N)N)co1.Cn1ccc2n1cc[n+]2Cc1cc(C(=N)N)cs1. The molecule has 0 fully saturated rings. The summed E-state index contributed by atoms with van der Waals surface area (Å²) in [6, 6.07) is 53.3. The Morgan fingerprint density at radius 2 is 1.02 bits per heavy atom. The van der Waals surface area contributed by atoms with Crippen LogP contribution in [-0.4, -0.2) is 113 Å². The van der Waals surface area contributed by atoms with Crippen LogP contribution in [0.1, 0.15) is 78.9 Å². The lowest BCUT2D eigenvalue weighted by Gasteiger charge is -2.16. The molecular formula is C102H121N34O4S2+7. The third kappa shape index (κ3) is 25.6. The van der Waals surface area contributed by atoms with Crippen LogP contribution in [0.2, 0.25) is 0 Å². The molecule has 17 aromatic heterocycles. The Morgan fingerprint density at radius 3 is 1.56 bits per heavy atom. The van der Waals surface area contributed by atoms with E-state index in [1.54, 1.807) is 23.5 Å². The van der Waals surface area contributed by atoms with Crippen molar-refractivity contribution in [3.63, 3.8) is 0 Å². The summed E-state index contributed by atoms with van der Waals surface area (Å²) in [7, 11) is 15.6. The molecule has 0 aliphatic carbocycles. The van der Waals surface area contributed by atoms with E-state index < -0.39 is 0 Å². The Bertz CT molecular complexity index is 7720. The van der Waals surface area contributed by atoms with Crippen molar-refractivity contribution in [1.82, 2.24) is 51.5 Å². The summed E-state index contributed by atoms with van der Waals surface area (Å²) < 4.78 is 50.0. The summed E-state index contributed by atoms with van der Waals surface area (Å²) in [6.45, 7) is 8.07. The standard InChI is InChI=1S/C18H21N4.C17H24N5O.C17H19N4O.C13H15N6O.C13H14N5S.C12H14N5O.C12H14N5S/c1-21-9-8-17-16(13-21)7-11-22(17)10-6-14-2-4-15(5-3-14)12-18(19)20;1-20-9-8-17-21(10-11-22(17)20)13-14-4-6-15(7-5-14)23-12-2-3-16(18)19;1-20-9-8-16-15(12-20)7-10-21(16)11-13-3-5-14(6-4-13)17(18)19-22-2;1-18-4-3-11-9(7-18)2-5-19(11)8-10-6-12(17-20-10)16-13(14)15;1-17-4-3-11-9(6-17)2-5-18(11)7-12-16-10(8-19-12)13(14)15;2*1-15-3-2-11-16(4-5-17(11)15)7-10-6-9(8-18-10)12(13)14/h2-5,7-9,11,13H,6,10,12H2,1H3,(H3,19,20);4-9H,2-3,10-13H2,1H3,(H3,18,19);3-10,12H,11H2,1-2H3,(H2,18,19);2-7H,8H2,1H3,(H4,14,15,16,17);2-6,8H,7H2,1H3,(H3,14,15);2*2-6,8H,7H2,1H3,(H3,13,14)/q7*+1. The molecule has 1 aliphatic rings. The van der Waals surface area contributed by atoms with Gasteiger partial charge in [0.15, 0.2) is 104 Å². The smallest absolute Gasteiger partial charge is 0.307 e. The fourth-order valence-corrected chi connectivity index (χ4v) is 18.0. The molecule has 728 valence electrons. The number of anilines is 1. The number of thiazole rings is 1. The van der Waals surface area contributed by atoms with E-state index in [9.17, 15) is 0 Å². The average molecular weight is 1950 g/mol. The van der Waals surface area contributed by atoms with Gasteiger partial charge in [0.25, 0.3) is 0 Å². The Hall–Kier alpha value is -17.6. The normalized spacial score (nSPS) is 11.5. The van der Waals surface area contributed by atoms with E-state index in [2.05, 4.69) is 265 Å². The number of ether oxygens (including phenoxy) is 1. The molecular weight excluding hydrogens is 1830 g/mol. The highest BCUT2D eigenvalue weighted by Crippen LogP contribution is 2.26. The minimum Gasteiger partial charge on any atom is -0.494 e. The molecule has 18 heterocycles. The summed E-state index contributed by atoms with van der Waals surface area (Å²) in [5.74, 6) is 4.93. The molecule has 0 atom stereocenters. The number of amidine groups is 6. The molecule has 0 radical (unpaired) electrons. The van der Waals surface area contributed by atoms with Crippen molar-refractivity contribution in [3.05, 3.63) is 359 Å². The molecule has 21 rings (SSSR count). The van der Waals surface area contributed by atoms with Crippen LogP contribution in [0.15, 0.2) is 312 Å². The summed E-state index contributed by atoms with van der Waals surface area (Å²) in [4.78, 5) is 16.5. The second-order valence-electron chi connectivity index (χ2n) is 34.4. The van der Waals surface area contributed by atoms with E-state index >= 15 is 0 Å². The van der Waals surface area contributed by atoms with Gasteiger partial charge in [0.1, 0.15) is 107 Å². The highest BCUT2D eigenvalue weighted by Gasteiger charge is 2.26. The number of guanidine groups is 1. The van der Waals surface area contributed by atoms with Crippen LogP contribution in [-0.2, 0) is 119 Å². The molecule has 0 amide bonds. The van der Waals surface area contributed by atoms with Crippen LogP contribution in [0.25, 0.3) is 54.9 Å². The van der Waals surface area contributed by atoms with Crippen molar-refractivity contribution in [2.75, 3.05) is 25.2 Å². The van der Waals surface area contributed by atoms with Crippen LogP contribution in [0.5, 0.6) is 5.75 Å². The Balaban J connectivity index is 0.000000125. The number of aliphatic imine (C=N–C) groups is 1. The van der Waals surface area contributed by atoms with E-state index in [1.165, 1.54) is 90.2 Å². The Kier molecular flexibility index (Phi) is 31.8. The van der Waals surface area contributed by atoms with Crippen molar-refractivity contribution in [2.24, 2.45) is 105 Å². The number of aryl methyl sites for hydroxylation is 9. The number of aromatic nitrogens is 18.